The average molecular weight is 249 g/mol. The topological polar surface area (TPSA) is 66.8 Å². The van der Waals surface area contributed by atoms with Gasteiger partial charge in [0.15, 0.2) is 6.10 Å². The molecular weight excluding hydrogens is 234 g/mol. The molecule has 2 atom stereocenters. The van der Waals surface area contributed by atoms with Gasteiger partial charge in [-0.05, 0) is 18.1 Å². The summed E-state index contributed by atoms with van der Waals surface area (Å²) in [6.45, 7) is 1.71. The van der Waals surface area contributed by atoms with Gasteiger partial charge in [-0.3, -0.25) is 4.79 Å². The number of morpholine rings is 1. The Labute approximate surface area is 105 Å². The van der Waals surface area contributed by atoms with E-state index in [0.29, 0.717) is 0 Å². The van der Waals surface area contributed by atoms with E-state index in [-0.39, 0.29) is 12.5 Å². The molecule has 0 aliphatic carbocycles. The third-order valence-corrected chi connectivity index (χ3v) is 3.23. The molecule has 0 radical (unpaired) electrons. The number of carboxylic acid groups (broad SMARTS) is 1. The van der Waals surface area contributed by atoms with Gasteiger partial charge in [-0.2, -0.15) is 0 Å². The van der Waals surface area contributed by atoms with Gasteiger partial charge >= 0.3 is 5.97 Å². The smallest absolute Gasteiger partial charge is 0.335 e. The number of carbonyl (C=O) groups excluding carboxylic acids is 1. The maximum atomic E-state index is 11.7. The van der Waals surface area contributed by atoms with Crippen LogP contribution in [-0.4, -0.2) is 41.6 Å². The van der Waals surface area contributed by atoms with E-state index in [1.165, 1.54) is 4.90 Å². The summed E-state index contributed by atoms with van der Waals surface area (Å²) < 4.78 is 5.15. The number of hydrogen-bond acceptors (Lipinski definition) is 3. The quantitative estimate of drug-likeness (QED) is 0.848. The number of aryl methyl sites for hydroxylation is 1. The zero-order valence-corrected chi connectivity index (χ0v) is 10.3. The molecule has 96 valence electrons. The van der Waals surface area contributed by atoms with Gasteiger partial charge in [-0.15, -0.1) is 0 Å². The molecule has 1 aliphatic heterocycles. The van der Waals surface area contributed by atoms with Crippen LogP contribution >= 0.6 is 0 Å². The van der Waals surface area contributed by atoms with Crippen molar-refractivity contribution in [3.8, 4) is 0 Å². The zero-order chi connectivity index (χ0) is 13.3. The maximum Gasteiger partial charge on any atom is 0.335 e. The van der Waals surface area contributed by atoms with Crippen molar-refractivity contribution >= 4 is 11.9 Å². The molecule has 0 aromatic heterocycles. The van der Waals surface area contributed by atoms with Crippen molar-refractivity contribution in [3.63, 3.8) is 0 Å². The molecule has 1 aliphatic rings. The number of likely N-dealkylation sites (N-methyl/N-ethyl adjacent to an activating group) is 1. The fourth-order valence-corrected chi connectivity index (χ4v) is 2.21. The van der Waals surface area contributed by atoms with Crippen molar-refractivity contribution in [3.05, 3.63) is 35.4 Å². The molecule has 0 spiro atoms. The summed E-state index contributed by atoms with van der Waals surface area (Å²) >= 11 is 0. The van der Waals surface area contributed by atoms with Crippen LogP contribution in [0.15, 0.2) is 24.3 Å². The SMILES string of the molecule is Cc1ccccc1C1C(C(=O)O)OCC(=O)N1C. The van der Waals surface area contributed by atoms with E-state index in [0.717, 1.165) is 11.1 Å². The van der Waals surface area contributed by atoms with Gasteiger partial charge in [0.05, 0.1) is 6.04 Å². The number of nitrogens with zero attached hydrogens (tertiary/aromatic N) is 1. The summed E-state index contributed by atoms with van der Waals surface area (Å²) in [6, 6.07) is 6.84. The van der Waals surface area contributed by atoms with Gasteiger partial charge < -0.3 is 14.7 Å². The Morgan fingerprint density at radius 1 is 1.44 bits per heavy atom. The van der Waals surface area contributed by atoms with E-state index in [1.807, 2.05) is 31.2 Å². The minimum absolute atomic E-state index is 0.185. The third kappa shape index (κ3) is 2.09. The predicted molar refractivity (Wildman–Crippen MR) is 64.1 cm³/mol. The molecule has 1 N–H and O–H groups in total. The van der Waals surface area contributed by atoms with E-state index in [2.05, 4.69) is 0 Å². The summed E-state index contributed by atoms with van der Waals surface area (Å²) in [5.74, 6) is -1.26. The van der Waals surface area contributed by atoms with Crippen LogP contribution in [0.1, 0.15) is 17.2 Å². The molecule has 2 unspecified atom stereocenters. The van der Waals surface area contributed by atoms with Crippen LogP contribution in [0.5, 0.6) is 0 Å². The molecule has 1 saturated heterocycles. The van der Waals surface area contributed by atoms with E-state index < -0.39 is 18.1 Å². The number of carboxylic acids is 1. The van der Waals surface area contributed by atoms with Crippen molar-refractivity contribution in [2.24, 2.45) is 0 Å². The second-order valence-corrected chi connectivity index (χ2v) is 4.38. The number of ether oxygens (including phenoxy) is 1. The lowest BCUT2D eigenvalue weighted by molar-refractivity contribution is -0.171. The molecule has 2 rings (SSSR count). The van der Waals surface area contributed by atoms with E-state index in [1.54, 1.807) is 7.05 Å². The molecule has 0 bridgehead atoms. The highest BCUT2D eigenvalue weighted by Gasteiger charge is 2.40. The molecule has 1 aromatic rings. The molecule has 5 nitrogen and oxygen atoms in total. The summed E-state index contributed by atoms with van der Waals surface area (Å²) in [5.41, 5.74) is 1.75. The predicted octanol–water partition coefficient (Wildman–Crippen LogP) is 0.978. The second kappa shape index (κ2) is 4.78. The lowest BCUT2D eigenvalue weighted by Gasteiger charge is -2.37. The van der Waals surface area contributed by atoms with Gasteiger partial charge in [-0.25, -0.2) is 4.79 Å². The Balaban J connectivity index is 2.44. The minimum Gasteiger partial charge on any atom is -0.479 e. The fourth-order valence-electron chi connectivity index (χ4n) is 2.21. The monoisotopic (exact) mass is 249 g/mol. The van der Waals surface area contributed by atoms with Gasteiger partial charge in [0.25, 0.3) is 0 Å². The third-order valence-electron chi connectivity index (χ3n) is 3.23. The largest absolute Gasteiger partial charge is 0.479 e. The lowest BCUT2D eigenvalue weighted by atomic mass is 9.94. The molecule has 1 heterocycles. The number of hydrogen-bond donors (Lipinski definition) is 1. The van der Waals surface area contributed by atoms with Crippen LogP contribution in [0, 0.1) is 6.92 Å². The van der Waals surface area contributed by atoms with E-state index in [9.17, 15) is 14.7 Å². The number of amides is 1. The van der Waals surface area contributed by atoms with Crippen LogP contribution in [0.4, 0.5) is 0 Å². The molecular formula is C13H15NO4. The first-order valence-corrected chi connectivity index (χ1v) is 5.68. The standard InChI is InChI=1S/C13H15NO4/c1-8-5-3-4-6-9(8)11-12(13(16)17)18-7-10(15)14(11)2/h3-6,11-12H,7H2,1-2H3,(H,16,17). The van der Waals surface area contributed by atoms with Crippen molar-refractivity contribution < 1.29 is 19.4 Å². The molecule has 0 saturated carbocycles. The van der Waals surface area contributed by atoms with Gasteiger partial charge in [0.2, 0.25) is 5.91 Å². The van der Waals surface area contributed by atoms with Gasteiger partial charge in [-0.1, -0.05) is 24.3 Å². The Morgan fingerprint density at radius 3 is 2.72 bits per heavy atom. The highest BCUT2D eigenvalue weighted by Crippen LogP contribution is 2.31. The molecule has 1 fully saturated rings. The minimum atomic E-state index is -1.05. The van der Waals surface area contributed by atoms with E-state index in [4.69, 9.17) is 4.74 Å². The van der Waals surface area contributed by atoms with Crippen molar-refractivity contribution in [2.45, 2.75) is 19.1 Å². The van der Waals surface area contributed by atoms with Crippen molar-refractivity contribution in [1.82, 2.24) is 4.90 Å². The lowest BCUT2D eigenvalue weighted by Crippen LogP contribution is -2.50. The summed E-state index contributed by atoms with van der Waals surface area (Å²) in [5, 5.41) is 9.20. The van der Waals surface area contributed by atoms with E-state index >= 15 is 0 Å². The van der Waals surface area contributed by atoms with Crippen molar-refractivity contribution in [2.75, 3.05) is 13.7 Å². The van der Waals surface area contributed by atoms with Crippen LogP contribution in [0.3, 0.4) is 0 Å². The Bertz CT molecular complexity index is 486. The number of benzene rings is 1. The second-order valence-electron chi connectivity index (χ2n) is 4.38. The molecule has 1 amide bonds. The van der Waals surface area contributed by atoms with Crippen LogP contribution in [0.25, 0.3) is 0 Å². The van der Waals surface area contributed by atoms with Crippen molar-refractivity contribution in [1.29, 1.82) is 0 Å². The summed E-state index contributed by atoms with van der Waals surface area (Å²) in [7, 11) is 1.61. The number of carbonyl (C=O) groups is 2. The van der Waals surface area contributed by atoms with Gasteiger partial charge in [0.1, 0.15) is 6.61 Å². The normalized spacial score (nSPS) is 24.1. The first-order chi connectivity index (χ1) is 8.52. The molecule has 5 heteroatoms. The zero-order valence-electron chi connectivity index (χ0n) is 10.3. The Morgan fingerprint density at radius 2 is 2.11 bits per heavy atom. The Kier molecular flexibility index (Phi) is 3.34. The number of rotatable bonds is 2. The van der Waals surface area contributed by atoms with Crippen LogP contribution in [0.2, 0.25) is 0 Å². The highest BCUT2D eigenvalue weighted by molar-refractivity contribution is 5.82. The van der Waals surface area contributed by atoms with Crippen LogP contribution < -0.4 is 0 Å². The maximum absolute atomic E-state index is 11.7. The summed E-state index contributed by atoms with van der Waals surface area (Å²) in [6.07, 6.45) is -1.02. The van der Waals surface area contributed by atoms with Crippen LogP contribution in [-0.2, 0) is 14.3 Å². The first-order valence-electron chi connectivity index (χ1n) is 5.68. The summed E-state index contributed by atoms with van der Waals surface area (Å²) in [4.78, 5) is 24.4. The Hall–Kier alpha value is -1.88. The average Bonchev–Trinajstić information content (AvgIpc) is 2.33. The molecule has 1 aromatic carbocycles. The fraction of sp³-hybridized carbons (Fsp3) is 0.385. The number of aliphatic carboxylic acids is 1. The molecule has 18 heavy (non-hydrogen) atoms. The highest BCUT2D eigenvalue weighted by atomic mass is 16.5. The van der Waals surface area contributed by atoms with Gasteiger partial charge in [0, 0.05) is 7.05 Å². The first kappa shape index (κ1) is 12.6.